The predicted molar refractivity (Wildman–Crippen MR) is 94.5 cm³/mol. The number of hydrogen-bond donors (Lipinski definition) is 1. The van der Waals surface area contributed by atoms with Crippen LogP contribution in [0.1, 0.15) is 72.6 Å². The third kappa shape index (κ3) is 7.65. The standard InChI is InChI=1S/C19H39N2/c1-6-19(18-11-9-13-20-18)21(15-12-17(4)5)14-8-7-10-16(2)3/h16-20H,1,6-15H2,2-5H3. The van der Waals surface area contributed by atoms with Gasteiger partial charge in [0.15, 0.2) is 0 Å². The summed E-state index contributed by atoms with van der Waals surface area (Å²) in [4.78, 5) is 2.75. The minimum atomic E-state index is 0.644. The topological polar surface area (TPSA) is 15.3 Å². The van der Waals surface area contributed by atoms with E-state index >= 15 is 0 Å². The zero-order valence-corrected chi connectivity index (χ0v) is 15.0. The van der Waals surface area contributed by atoms with Crippen LogP contribution < -0.4 is 5.32 Å². The summed E-state index contributed by atoms with van der Waals surface area (Å²) in [5.41, 5.74) is 0. The zero-order valence-electron chi connectivity index (χ0n) is 15.0. The molecule has 125 valence electrons. The van der Waals surface area contributed by atoms with Gasteiger partial charge in [0, 0.05) is 12.1 Å². The van der Waals surface area contributed by atoms with Gasteiger partial charge in [-0.1, -0.05) is 47.5 Å². The SMILES string of the molecule is [CH2]CC(C1CCCN1)N(CCCCC(C)C)CCC(C)C. The van der Waals surface area contributed by atoms with E-state index in [1.54, 1.807) is 0 Å². The Morgan fingerprint density at radius 1 is 1.05 bits per heavy atom. The van der Waals surface area contributed by atoms with Crippen LogP contribution >= 0.6 is 0 Å². The highest BCUT2D eigenvalue weighted by molar-refractivity contribution is 4.89. The van der Waals surface area contributed by atoms with Gasteiger partial charge >= 0.3 is 0 Å². The van der Waals surface area contributed by atoms with Crippen molar-refractivity contribution in [1.82, 2.24) is 10.2 Å². The van der Waals surface area contributed by atoms with Gasteiger partial charge < -0.3 is 5.32 Å². The number of nitrogens with zero attached hydrogens (tertiary/aromatic N) is 1. The number of unbranched alkanes of at least 4 members (excludes halogenated alkanes) is 1. The molecule has 1 saturated heterocycles. The average molecular weight is 296 g/mol. The first-order chi connectivity index (χ1) is 10.0. The number of nitrogens with one attached hydrogen (secondary N) is 1. The highest BCUT2D eigenvalue weighted by Gasteiger charge is 2.27. The molecule has 0 spiro atoms. The second kappa shape index (κ2) is 10.6. The van der Waals surface area contributed by atoms with Crippen LogP contribution in [0.25, 0.3) is 0 Å². The molecule has 1 fully saturated rings. The van der Waals surface area contributed by atoms with Gasteiger partial charge in [-0.25, -0.2) is 0 Å². The van der Waals surface area contributed by atoms with Crippen LogP contribution in [0.5, 0.6) is 0 Å². The molecule has 2 nitrogen and oxygen atoms in total. The third-order valence-corrected chi connectivity index (χ3v) is 4.80. The monoisotopic (exact) mass is 295 g/mol. The van der Waals surface area contributed by atoms with Gasteiger partial charge in [0.25, 0.3) is 0 Å². The van der Waals surface area contributed by atoms with Gasteiger partial charge in [-0.3, -0.25) is 4.90 Å². The Kier molecular flexibility index (Phi) is 9.59. The van der Waals surface area contributed by atoms with Crippen molar-refractivity contribution in [3.63, 3.8) is 0 Å². The van der Waals surface area contributed by atoms with Gasteiger partial charge in [-0.05, 0) is 63.6 Å². The van der Waals surface area contributed by atoms with E-state index < -0.39 is 0 Å². The summed E-state index contributed by atoms with van der Waals surface area (Å²) < 4.78 is 0. The zero-order chi connectivity index (χ0) is 15.7. The average Bonchev–Trinajstić information content (AvgIpc) is 2.94. The van der Waals surface area contributed by atoms with E-state index in [1.807, 2.05) is 0 Å². The molecular formula is C19H39N2. The van der Waals surface area contributed by atoms with Crippen LogP contribution in [0.2, 0.25) is 0 Å². The Bertz CT molecular complexity index is 244. The number of hydrogen-bond acceptors (Lipinski definition) is 2. The summed E-state index contributed by atoms with van der Waals surface area (Å²) in [5, 5.41) is 3.70. The van der Waals surface area contributed by atoms with E-state index in [4.69, 9.17) is 0 Å². The van der Waals surface area contributed by atoms with Gasteiger partial charge in [0.05, 0.1) is 0 Å². The molecular weight excluding hydrogens is 256 g/mol. The summed E-state index contributed by atoms with van der Waals surface area (Å²) in [6.07, 6.45) is 9.12. The normalized spacial score (nSPS) is 20.9. The van der Waals surface area contributed by atoms with Gasteiger partial charge in [0.2, 0.25) is 0 Å². The molecule has 2 heteroatoms. The summed E-state index contributed by atoms with van der Waals surface area (Å²) in [6, 6.07) is 1.32. The molecule has 1 aliphatic heterocycles. The molecule has 0 aromatic rings. The van der Waals surface area contributed by atoms with Crippen LogP contribution in [0.15, 0.2) is 0 Å². The van der Waals surface area contributed by atoms with Crippen molar-refractivity contribution < 1.29 is 0 Å². The molecule has 0 bridgehead atoms. The van der Waals surface area contributed by atoms with Crippen molar-refractivity contribution in [2.45, 2.75) is 84.7 Å². The fourth-order valence-electron chi connectivity index (χ4n) is 3.41. The maximum Gasteiger partial charge on any atom is 0.0249 e. The van der Waals surface area contributed by atoms with Gasteiger partial charge in [0.1, 0.15) is 0 Å². The molecule has 0 saturated carbocycles. The predicted octanol–water partition coefficient (Wildman–Crippen LogP) is 4.51. The highest BCUT2D eigenvalue weighted by atomic mass is 15.2. The third-order valence-electron chi connectivity index (χ3n) is 4.80. The quantitative estimate of drug-likeness (QED) is 0.564. The smallest absolute Gasteiger partial charge is 0.0249 e. The van der Waals surface area contributed by atoms with Gasteiger partial charge in [-0.15, -0.1) is 0 Å². The second-order valence-corrected chi connectivity index (χ2v) is 7.67. The van der Waals surface area contributed by atoms with E-state index in [9.17, 15) is 0 Å². The van der Waals surface area contributed by atoms with Crippen molar-refractivity contribution in [3.05, 3.63) is 6.92 Å². The molecule has 1 rings (SSSR count). The summed E-state index contributed by atoms with van der Waals surface area (Å²) in [6.45, 7) is 17.3. The first-order valence-corrected chi connectivity index (χ1v) is 9.31. The van der Waals surface area contributed by atoms with E-state index in [1.165, 1.54) is 58.2 Å². The molecule has 1 heterocycles. The fourth-order valence-corrected chi connectivity index (χ4v) is 3.41. The lowest BCUT2D eigenvalue weighted by molar-refractivity contribution is 0.151. The van der Waals surface area contributed by atoms with Gasteiger partial charge in [-0.2, -0.15) is 0 Å². The van der Waals surface area contributed by atoms with Crippen LogP contribution in [-0.4, -0.2) is 36.6 Å². The second-order valence-electron chi connectivity index (χ2n) is 7.67. The van der Waals surface area contributed by atoms with Crippen molar-refractivity contribution in [2.24, 2.45) is 11.8 Å². The molecule has 0 aromatic heterocycles. The van der Waals surface area contributed by atoms with Crippen LogP contribution in [-0.2, 0) is 0 Å². The lowest BCUT2D eigenvalue weighted by Gasteiger charge is -2.36. The fraction of sp³-hybridized carbons (Fsp3) is 0.947. The van der Waals surface area contributed by atoms with E-state index in [0.29, 0.717) is 12.1 Å². The van der Waals surface area contributed by atoms with Crippen molar-refractivity contribution in [2.75, 3.05) is 19.6 Å². The van der Waals surface area contributed by atoms with E-state index in [2.05, 4.69) is 44.8 Å². The Morgan fingerprint density at radius 2 is 1.76 bits per heavy atom. The van der Waals surface area contributed by atoms with Crippen molar-refractivity contribution >= 4 is 0 Å². The van der Waals surface area contributed by atoms with Crippen molar-refractivity contribution in [3.8, 4) is 0 Å². The van der Waals surface area contributed by atoms with Crippen LogP contribution in [0.3, 0.4) is 0 Å². The van der Waals surface area contributed by atoms with Crippen LogP contribution in [0.4, 0.5) is 0 Å². The summed E-state index contributed by atoms with van der Waals surface area (Å²) in [5.74, 6) is 1.64. The Morgan fingerprint density at radius 3 is 2.29 bits per heavy atom. The highest BCUT2D eigenvalue weighted by Crippen LogP contribution is 2.20. The maximum absolute atomic E-state index is 4.25. The molecule has 0 aliphatic carbocycles. The Labute approximate surface area is 134 Å². The lowest BCUT2D eigenvalue weighted by Crippen LogP contribution is -2.48. The molecule has 1 N–H and O–H groups in total. The minimum Gasteiger partial charge on any atom is -0.312 e. The lowest BCUT2D eigenvalue weighted by atomic mass is 9.99. The summed E-state index contributed by atoms with van der Waals surface area (Å²) in [7, 11) is 0. The molecule has 2 unspecified atom stereocenters. The molecule has 0 amide bonds. The largest absolute Gasteiger partial charge is 0.312 e. The molecule has 1 aliphatic rings. The van der Waals surface area contributed by atoms with E-state index in [-0.39, 0.29) is 0 Å². The minimum absolute atomic E-state index is 0.644. The Hall–Kier alpha value is -0.0800. The molecule has 21 heavy (non-hydrogen) atoms. The molecule has 2 atom stereocenters. The number of rotatable bonds is 11. The maximum atomic E-state index is 4.25. The van der Waals surface area contributed by atoms with E-state index in [0.717, 1.165) is 18.3 Å². The van der Waals surface area contributed by atoms with Crippen LogP contribution in [0, 0.1) is 18.8 Å². The molecule has 0 aromatic carbocycles. The Balaban J connectivity index is 2.47. The summed E-state index contributed by atoms with van der Waals surface area (Å²) >= 11 is 0. The molecule has 1 radical (unpaired) electrons. The first-order valence-electron chi connectivity index (χ1n) is 9.31. The van der Waals surface area contributed by atoms with Crippen molar-refractivity contribution in [1.29, 1.82) is 0 Å². The first kappa shape index (κ1) is 19.0.